The third-order valence-corrected chi connectivity index (χ3v) is 2.63. The van der Waals surface area contributed by atoms with Gasteiger partial charge < -0.3 is 0 Å². The van der Waals surface area contributed by atoms with E-state index in [0.717, 1.165) is 19.3 Å². The Kier molecular flexibility index (Phi) is 3.94. The van der Waals surface area contributed by atoms with Crippen molar-refractivity contribution in [3.8, 4) is 0 Å². The molecule has 1 aliphatic rings. The number of carbonyl (C=O) groups excluding carboxylic acids is 1. The van der Waals surface area contributed by atoms with Gasteiger partial charge in [0.1, 0.15) is 0 Å². The second kappa shape index (κ2) is 5.00. The topological polar surface area (TPSA) is 17.1 Å². The summed E-state index contributed by atoms with van der Waals surface area (Å²) in [6, 6.07) is 0. The fourth-order valence-electron chi connectivity index (χ4n) is 1.87. The monoisotopic (exact) mass is 177 g/mol. The van der Waals surface area contributed by atoms with E-state index in [1.54, 1.807) is 6.08 Å². The van der Waals surface area contributed by atoms with Crippen LogP contribution in [0.15, 0.2) is 18.2 Å². The van der Waals surface area contributed by atoms with E-state index >= 15 is 0 Å². The molecular formula is C12H17O. The van der Waals surface area contributed by atoms with Crippen molar-refractivity contribution in [1.82, 2.24) is 0 Å². The van der Waals surface area contributed by atoms with Crippen LogP contribution in [0.2, 0.25) is 0 Å². The smallest absolute Gasteiger partial charge is 0.170 e. The van der Waals surface area contributed by atoms with Crippen molar-refractivity contribution in [3.63, 3.8) is 0 Å². The maximum atomic E-state index is 11.5. The minimum atomic E-state index is 0.0925. The van der Waals surface area contributed by atoms with Gasteiger partial charge in [-0.05, 0) is 12.3 Å². The zero-order valence-corrected chi connectivity index (χ0v) is 8.42. The molecular weight excluding hydrogens is 160 g/mol. The number of hydrogen-bond acceptors (Lipinski definition) is 1. The van der Waals surface area contributed by atoms with E-state index in [1.165, 1.54) is 0 Å². The van der Waals surface area contributed by atoms with Crippen molar-refractivity contribution in [2.75, 3.05) is 0 Å². The first-order valence-corrected chi connectivity index (χ1v) is 5.10. The average Bonchev–Trinajstić information content (AvgIpc) is 2.16. The Hall–Kier alpha value is -0.850. The molecule has 1 heteroatoms. The fourth-order valence-corrected chi connectivity index (χ4v) is 1.87. The number of hydrogen-bond donors (Lipinski definition) is 0. The van der Waals surface area contributed by atoms with E-state index in [-0.39, 0.29) is 11.7 Å². The summed E-state index contributed by atoms with van der Waals surface area (Å²) in [5, 5.41) is 0. The van der Waals surface area contributed by atoms with Gasteiger partial charge in [0.25, 0.3) is 0 Å². The molecule has 0 aliphatic heterocycles. The van der Waals surface area contributed by atoms with Crippen molar-refractivity contribution in [3.05, 3.63) is 24.3 Å². The van der Waals surface area contributed by atoms with Crippen LogP contribution in [0.1, 0.15) is 33.1 Å². The van der Waals surface area contributed by atoms with Crippen molar-refractivity contribution in [1.29, 1.82) is 0 Å². The lowest BCUT2D eigenvalue weighted by Gasteiger charge is -2.21. The highest BCUT2D eigenvalue weighted by Gasteiger charge is 2.23. The lowest BCUT2D eigenvalue weighted by Crippen LogP contribution is -2.21. The van der Waals surface area contributed by atoms with Crippen LogP contribution in [0.3, 0.4) is 0 Å². The summed E-state index contributed by atoms with van der Waals surface area (Å²) in [7, 11) is 0. The molecule has 0 aromatic rings. The molecule has 0 saturated carbocycles. The molecule has 0 saturated heterocycles. The van der Waals surface area contributed by atoms with Crippen LogP contribution in [0, 0.1) is 17.9 Å². The predicted molar refractivity (Wildman–Crippen MR) is 54.1 cm³/mol. The molecule has 0 bridgehead atoms. The number of allylic oxidation sites excluding steroid dienone is 4. The number of ketones is 1. The molecule has 71 valence electrons. The first-order chi connectivity index (χ1) is 6.29. The molecule has 0 amide bonds. The molecule has 2 atom stereocenters. The van der Waals surface area contributed by atoms with Crippen molar-refractivity contribution in [2.45, 2.75) is 33.1 Å². The van der Waals surface area contributed by atoms with E-state index in [9.17, 15) is 4.79 Å². The molecule has 0 spiro atoms. The number of Topliss-reactive ketones (excluding diaryl/α,β-unsaturated/α-hetero) is 1. The third kappa shape index (κ3) is 2.55. The van der Waals surface area contributed by atoms with Crippen LogP contribution < -0.4 is 0 Å². The zero-order valence-electron chi connectivity index (χ0n) is 8.42. The van der Waals surface area contributed by atoms with Gasteiger partial charge in [-0.25, -0.2) is 0 Å². The summed E-state index contributed by atoms with van der Waals surface area (Å²) in [5.74, 6) is 0.757. The lowest BCUT2D eigenvalue weighted by atomic mass is 9.82. The Morgan fingerprint density at radius 2 is 2.31 bits per heavy atom. The molecule has 13 heavy (non-hydrogen) atoms. The first kappa shape index (κ1) is 10.2. The summed E-state index contributed by atoms with van der Waals surface area (Å²) in [6.07, 6.45) is 11.8. The summed E-state index contributed by atoms with van der Waals surface area (Å²) in [4.78, 5) is 11.5. The van der Waals surface area contributed by atoms with E-state index in [4.69, 9.17) is 0 Å². The highest BCUT2D eigenvalue weighted by Crippen LogP contribution is 2.25. The van der Waals surface area contributed by atoms with Gasteiger partial charge in [-0.15, -0.1) is 0 Å². The Bertz CT molecular complexity index is 225. The standard InChI is InChI=1S/C12H17O/c1-3-7-10(4-2)11-8-5-6-9-12(11)13/h5-6,8,10-11H,3-4,7H2,1-2H3. The molecule has 1 aliphatic carbocycles. The van der Waals surface area contributed by atoms with Crippen LogP contribution in [-0.2, 0) is 4.79 Å². The van der Waals surface area contributed by atoms with E-state index in [0.29, 0.717) is 5.92 Å². The SMILES string of the molecule is CCCC(CC)C1C=CC=[C]C1=O. The van der Waals surface area contributed by atoms with Crippen LogP contribution >= 0.6 is 0 Å². The molecule has 1 radical (unpaired) electrons. The fraction of sp³-hybridized carbons (Fsp3) is 0.583. The second-order valence-electron chi connectivity index (χ2n) is 3.54. The molecule has 0 fully saturated rings. The van der Waals surface area contributed by atoms with Gasteiger partial charge in [-0.3, -0.25) is 4.79 Å². The maximum absolute atomic E-state index is 11.5. The Morgan fingerprint density at radius 3 is 2.85 bits per heavy atom. The largest absolute Gasteiger partial charge is 0.293 e. The first-order valence-electron chi connectivity index (χ1n) is 5.10. The Morgan fingerprint density at radius 1 is 1.54 bits per heavy atom. The van der Waals surface area contributed by atoms with E-state index in [2.05, 4.69) is 19.9 Å². The molecule has 1 nitrogen and oxygen atoms in total. The molecule has 0 aromatic carbocycles. The van der Waals surface area contributed by atoms with Crippen molar-refractivity contribution >= 4 is 5.78 Å². The van der Waals surface area contributed by atoms with Gasteiger partial charge in [-0.1, -0.05) is 44.9 Å². The summed E-state index contributed by atoms with van der Waals surface area (Å²) >= 11 is 0. The summed E-state index contributed by atoms with van der Waals surface area (Å²) < 4.78 is 0. The van der Waals surface area contributed by atoms with Gasteiger partial charge in [0.2, 0.25) is 0 Å². The Balaban J connectivity index is 2.62. The van der Waals surface area contributed by atoms with Crippen LogP contribution in [-0.4, -0.2) is 5.78 Å². The van der Waals surface area contributed by atoms with Crippen LogP contribution in [0.5, 0.6) is 0 Å². The van der Waals surface area contributed by atoms with Crippen LogP contribution in [0.25, 0.3) is 0 Å². The zero-order chi connectivity index (χ0) is 9.68. The molecule has 0 N–H and O–H groups in total. The predicted octanol–water partition coefficient (Wildman–Crippen LogP) is 2.93. The highest BCUT2D eigenvalue weighted by molar-refractivity contribution is 5.90. The van der Waals surface area contributed by atoms with Gasteiger partial charge >= 0.3 is 0 Å². The lowest BCUT2D eigenvalue weighted by molar-refractivity contribution is -0.119. The van der Waals surface area contributed by atoms with Crippen molar-refractivity contribution in [2.24, 2.45) is 11.8 Å². The van der Waals surface area contributed by atoms with Crippen molar-refractivity contribution < 1.29 is 4.79 Å². The Labute approximate surface area is 80.5 Å². The quantitative estimate of drug-likeness (QED) is 0.645. The molecule has 2 unspecified atom stereocenters. The van der Waals surface area contributed by atoms with Gasteiger partial charge in [0, 0.05) is 12.0 Å². The average molecular weight is 177 g/mol. The van der Waals surface area contributed by atoms with Gasteiger partial charge in [0.15, 0.2) is 5.78 Å². The third-order valence-electron chi connectivity index (χ3n) is 2.63. The van der Waals surface area contributed by atoms with E-state index in [1.807, 2.05) is 12.2 Å². The van der Waals surface area contributed by atoms with Crippen LogP contribution in [0.4, 0.5) is 0 Å². The summed E-state index contributed by atoms with van der Waals surface area (Å²) in [5.41, 5.74) is 0. The molecule has 0 heterocycles. The number of carbonyl (C=O) groups is 1. The minimum absolute atomic E-state index is 0.0925. The normalized spacial score (nSPS) is 23.5. The second-order valence-corrected chi connectivity index (χ2v) is 3.54. The van der Waals surface area contributed by atoms with E-state index < -0.39 is 0 Å². The van der Waals surface area contributed by atoms with Gasteiger partial charge in [0.05, 0.1) is 0 Å². The molecule has 1 rings (SSSR count). The molecule has 0 aromatic heterocycles. The summed E-state index contributed by atoms with van der Waals surface area (Å²) in [6.45, 7) is 4.32. The van der Waals surface area contributed by atoms with Gasteiger partial charge in [-0.2, -0.15) is 0 Å². The maximum Gasteiger partial charge on any atom is 0.170 e. The number of rotatable bonds is 4. The minimum Gasteiger partial charge on any atom is -0.293 e. The highest BCUT2D eigenvalue weighted by atomic mass is 16.1.